The van der Waals surface area contributed by atoms with Gasteiger partial charge >= 0.3 is 11.9 Å². The quantitative estimate of drug-likeness (QED) is 0.697. The second kappa shape index (κ2) is 7.51. The largest absolute Gasteiger partial charge is 0.466 e. The number of carbonyl (C=O) groups is 2. The standard InChI is InChI=1S/C15H28O4/c1-8-18-13(16)11(10(3)4)12(15(5,6)7)14(17)19-9-2/h10-12H,8-9H2,1-7H3. The van der Waals surface area contributed by atoms with Gasteiger partial charge in [0.25, 0.3) is 0 Å². The van der Waals surface area contributed by atoms with Crippen LogP contribution in [0.4, 0.5) is 0 Å². The Bertz CT molecular complexity index is 302. The topological polar surface area (TPSA) is 52.6 Å². The monoisotopic (exact) mass is 272 g/mol. The summed E-state index contributed by atoms with van der Waals surface area (Å²) in [5.41, 5.74) is -0.353. The number of rotatable bonds is 6. The lowest BCUT2D eigenvalue weighted by atomic mass is 9.69. The lowest BCUT2D eigenvalue weighted by molar-refractivity contribution is -0.167. The Morgan fingerprint density at radius 3 is 1.68 bits per heavy atom. The molecule has 0 bridgehead atoms. The van der Waals surface area contributed by atoms with Crippen molar-refractivity contribution in [3.63, 3.8) is 0 Å². The van der Waals surface area contributed by atoms with Gasteiger partial charge < -0.3 is 9.47 Å². The van der Waals surface area contributed by atoms with E-state index in [0.717, 1.165) is 0 Å². The van der Waals surface area contributed by atoms with Crippen molar-refractivity contribution in [2.24, 2.45) is 23.2 Å². The second-order valence-corrected chi connectivity index (χ2v) is 6.12. The Morgan fingerprint density at radius 1 is 0.947 bits per heavy atom. The Balaban J connectivity index is 5.38. The molecule has 0 N–H and O–H groups in total. The summed E-state index contributed by atoms with van der Waals surface area (Å²) in [6, 6.07) is 0. The summed E-state index contributed by atoms with van der Waals surface area (Å²) in [7, 11) is 0. The van der Waals surface area contributed by atoms with Gasteiger partial charge in [-0.3, -0.25) is 9.59 Å². The van der Waals surface area contributed by atoms with Gasteiger partial charge in [0, 0.05) is 0 Å². The van der Waals surface area contributed by atoms with Crippen molar-refractivity contribution in [2.45, 2.75) is 48.5 Å². The molecule has 0 fully saturated rings. The molecule has 0 saturated heterocycles. The molecule has 4 heteroatoms. The second-order valence-electron chi connectivity index (χ2n) is 6.12. The minimum absolute atomic E-state index is 0.0210. The van der Waals surface area contributed by atoms with E-state index in [2.05, 4.69) is 0 Å². The third-order valence-corrected chi connectivity index (χ3v) is 3.11. The minimum Gasteiger partial charge on any atom is -0.466 e. The first-order valence-corrected chi connectivity index (χ1v) is 7.00. The molecule has 0 aromatic rings. The fourth-order valence-corrected chi connectivity index (χ4v) is 2.30. The van der Waals surface area contributed by atoms with Gasteiger partial charge in [-0.2, -0.15) is 0 Å². The van der Waals surface area contributed by atoms with Crippen molar-refractivity contribution >= 4 is 11.9 Å². The fraction of sp³-hybridized carbons (Fsp3) is 0.867. The van der Waals surface area contributed by atoms with Crippen molar-refractivity contribution < 1.29 is 19.1 Å². The molecule has 0 aromatic heterocycles. The average molecular weight is 272 g/mol. The molecule has 112 valence electrons. The molecule has 0 heterocycles. The van der Waals surface area contributed by atoms with Gasteiger partial charge in [-0.05, 0) is 25.2 Å². The number of esters is 2. The summed E-state index contributed by atoms with van der Waals surface area (Å²) in [6.45, 7) is 13.9. The molecule has 0 rings (SSSR count). The first-order valence-electron chi connectivity index (χ1n) is 7.00. The van der Waals surface area contributed by atoms with Crippen LogP contribution in [0.5, 0.6) is 0 Å². The van der Waals surface area contributed by atoms with Crippen molar-refractivity contribution in [3.8, 4) is 0 Å². The van der Waals surface area contributed by atoms with Gasteiger partial charge in [0.05, 0.1) is 25.0 Å². The lowest BCUT2D eigenvalue weighted by Crippen LogP contribution is -2.43. The van der Waals surface area contributed by atoms with Crippen LogP contribution in [0.1, 0.15) is 48.5 Å². The van der Waals surface area contributed by atoms with E-state index in [-0.39, 0.29) is 23.3 Å². The van der Waals surface area contributed by atoms with Crippen LogP contribution in [0.15, 0.2) is 0 Å². The molecule has 0 aromatic carbocycles. The molecule has 0 aliphatic carbocycles. The van der Waals surface area contributed by atoms with Gasteiger partial charge in [-0.15, -0.1) is 0 Å². The van der Waals surface area contributed by atoms with Gasteiger partial charge in [-0.25, -0.2) is 0 Å². The molecule has 4 nitrogen and oxygen atoms in total. The maximum atomic E-state index is 12.2. The number of carbonyl (C=O) groups excluding carboxylic acids is 2. The number of ether oxygens (including phenoxy) is 2. The van der Waals surface area contributed by atoms with Crippen LogP contribution >= 0.6 is 0 Å². The molecular formula is C15H28O4. The highest BCUT2D eigenvalue weighted by Gasteiger charge is 2.44. The lowest BCUT2D eigenvalue weighted by Gasteiger charge is -2.35. The van der Waals surface area contributed by atoms with Crippen LogP contribution in [-0.4, -0.2) is 25.2 Å². The Labute approximate surface area is 116 Å². The third-order valence-electron chi connectivity index (χ3n) is 3.11. The normalized spacial score (nSPS) is 14.9. The van der Waals surface area contributed by atoms with E-state index in [1.165, 1.54) is 0 Å². The van der Waals surface area contributed by atoms with Crippen LogP contribution in [0.3, 0.4) is 0 Å². The van der Waals surface area contributed by atoms with Crippen molar-refractivity contribution in [1.29, 1.82) is 0 Å². The zero-order chi connectivity index (χ0) is 15.2. The molecule has 0 radical (unpaired) electrons. The zero-order valence-corrected chi connectivity index (χ0v) is 13.3. The van der Waals surface area contributed by atoms with E-state index in [9.17, 15) is 9.59 Å². The molecule has 0 aliphatic heterocycles. The summed E-state index contributed by atoms with van der Waals surface area (Å²) in [5.74, 6) is -1.58. The van der Waals surface area contributed by atoms with E-state index in [0.29, 0.717) is 13.2 Å². The Kier molecular flexibility index (Phi) is 7.09. The predicted molar refractivity (Wildman–Crippen MR) is 74.5 cm³/mol. The van der Waals surface area contributed by atoms with E-state index in [1.807, 2.05) is 34.6 Å². The third kappa shape index (κ3) is 5.21. The highest BCUT2D eigenvalue weighted by Crippen LogP contribution is 2.37. The van der Waals surface area contributed by atoms with Crippen molar-refractivity contribution in [3.05, 3.63) is 0 Å². The Hall–Kier alpha value is -1.06. The predicted octanol–water partition coefficient (Wildman–Crippen LogP) is 3.05. The van der Waals surface area contributed by atoms with E-state index in [4.69, 9.17) is 9.47 Å². The van der Waals surface area contributed by atoms with Gasteiger partial charge in [-0.1, -0.05) is 34.6 Å². The maximum absolute atomic E-state index is 12.2. The van der Waals surface area contributed by atoms with Crippen LogP contribution < -0.4 is 0 Å². The summed E-state index contributed by atoms with van der Waals surface area (Å²) in [5, 5.41) is 0. The highest BCUT2D eigenvalue weighted by molar-refractivity contribution is 5.83. The molecule has 2 unspecified atom stereocenters. The van der Waals surface area contributed by atoms with Gasteiger partial charge in [0.2, 0.25) is 0 Å². The summed E-state index contributed by atoms with van der Waals surface area (Å²) < 4.78 is 10.3. The van der Waals surface area contributed by atoms with Gasteiger partial charge in [0.15, 0.2) is 0 Å². The van der Waals surface area contributed by atoms with Crippen molar-refractivity contribution in [2.75, 3.05) is 13.2 Å². The molecule has 0 saturated carbocycles. The highest BCUT2D eigenvalue weighted by atomic mass is 16.5. The van der Waals surface area contributed by atoms with E-state index < -0.39 is 11.8 Å². The van der Waals surface area contributed by atoms with Crippen LogP contribution in [-0.2, 0) is 19.1 Å². The van der Waals surface area contributed by atoms with Crippen LogP contribution in [0, 0.1) is 23.2 Å². The van der Waals surface area contributed by atoms with Gasteiger partial charge in [0.1, 0.15) is 0 Å². The molecule has 0 aliphatic rings. The average Bonchev–Trinajstić information content (AvgIpc) is 2.23. The summed E-state index contributed by atoms with van der Waals surface area (Å²) >= 11 is 0. The molecule has 2 atom stereocenters. The molecular weight excluding hydrogens is 244 g/mol. The molecule has 0 spiro atoms. The fourth-order valence-electron chi connectivity index (χ4n) is 2.30. The molecule has 19 heavy (non-hydrogen) atoms. The Morgan fingerprint density at radius 2 is 1.37 bits per heavy atom. The number of hydrogen-bond donors (Lipinski definition) is 0. The van der Waals surface area contributed by atoms with Crippen molar-refractivity contribution in [1.82, 2.24) is 0 Å². The molecule has 0 amide bonds. The van der Waals surface area contributed by atoms with E-state index >= 15 is 0 Å². The minimum atomic E-state index is -0.494. The zero-order valence-electron chi connectivity index (χ0n) is 13.3. The van der Waals surface area contributed by atoms with Crippen LogP contribution in [0.25, 0.3) is 0 Å². The van der Waals surface area contributed by atoms with Crippen LogP contribution in [0.2, 0.25) is 0 Å². The first-order chi connectivity index (χ1) is 8.66. The number of hydrogen-bond acceptors (Lipinski definition) is 4. The van der Waals surface area contributed by atoms with E-state index in [1.54, 1.807) is 13.8 Å². The first kappa shape index (κ1) is 17.9. The summed E-state index contributed by atoms with van der Waals surface area (Å²) in [6.07, 6.45) is 0. The maximum Gasteiger partial charge on any atom is 0.310 e. The summed E-state index contributed by atoms with van der Waals surface area (Å²) in [4.78, 5) is 24.4. The smallest absolute Gasteiger partial charge is 0.310 e. The SMILES string of the molecule is CCOC(=O)C(C(C)C)C(C(=O)OCC)C(C)(C)C.